The van der Waals surface area contributed by atoms with Gasteiger partial charge in [0.1, 0.15) is 11.5 Å². The molecule has 4 nitrogen and oxygen atoms in total. The lowest BCUT2D eigenvalue weighted by Gasteiger charge is -2.26. The van der Waals surface area contributed by atoms with Crippen molar-refractivity contribution >= 4 is 0 Å². The zero-order chi connectivity index (χ0) is 13.2. The van der Waals surface area contributed by atoms with Gasteiger partial charge in [0, 0.05) is 25.4 Å². The van der Waals surface area contributed by atoms with Crippen molar-refractivity contribution in [3.05, 3.63) is 41.4 Å². The zero-order valence-corrected chi connectivity index (χ0v) is 11.6. The van der Waals surface area contributed by atoms with Crippen LogP contribution in [0.15, 0.2) is 22.9 Å². The van der Waals surface area contributed by atoms with Gasteiger partial charge in [0.05, 0.1) is 17.7 Å². The largest absolute Gasteiger partial charge is 0.466 e. The molecule has 2 aromatic rings. The van der Waals surface area contributed by atoms with E-state index in [-0.39, 0.29) is 0 Å². The molecular weight excluding hydrogens is 238 g/mol. The Kier molecular flexibility index (Phi) is 3.42. The van der Waals surface area contributed by atoms with Crippen molar-refractivity contribution in [1.82, 2.24) is 14.9 Å². The number of H-pyrrole nitrogens is 1. The Balaban J connectivity index is 1.53. The summed E-state index contributed by atoms with van der Waals surface area (Å²) in [6.45, 7) is 7.46. The lowest BCUT2D eigenvalue weighted by molar-refractivity contribution is 0.238. The summed E-state index contributed by atoms with van der Waals surface area (Å²) in [6.07, 6.45) is 4.01. The van der Waals surface area contributed by atoms with E-state index in [0.29, 0.717) is 5.92 Å². The number of furan rings is 1. The fourth-order valence-electron chi connectivity index (χ4n) is 2.70. The minimum Gasteiger partial charge on any atom is -0.466 e. The first-order valence-corrected chi connectivity index (χ1v) is 7.02. The summed E-state index contributed by atoms with van der Waals surface area (Å²) in [5, 5.41) is 0. The van der Waals surface area contributed by atoms with Crippen LogP contribution < -0.4 is 0 Å². The Bertz CT molecular complexity index is 543. The number of imidazole rings is 1. The maximum atomic E-state index is 5.69. The number of hydrogen-bond acceptors (Lipinski definition) is 3. The average molecular weight is 259 g/mol. The van der Waals surface area contributed by atoms with Crippen molar-refractivity contribution in [3.63, 3.8) is 0 Å². The van der Waals surface area contributed by atoms with Gasteiger partial charge < -0.3 is 9.40 Å². The topological polar surface area (TPSA) is 45.1 Å². The fraction of sp³-hybridized carbons (Fsp3) is 0.533. The highest BCUT2D eigenvalue weighted by atomic mass is 16.3. The van der Waals surface area contributed by atoms with Crippen molar-refractivity contribution in [1.29, 1.82) is 0 Å². The van der Waals surface area contributed by atoms with Gasteiger partial charge in [0.25, 0.3) is 0 Å². The molecular formula is C15H21N3O. The van der Waals surface area contributed by atoms with Crippen molar-refractivity contribution in [2.24, 2.45) is 0 Å². The smallest absolute Gasteiger partial charge is 0.107 e. The van der Waals surface area contributed by atoms with Crippen LogP contribution in [0.2, 0.25) is 0 Å². The number of aromatic nitrogens is 2. The van der Waals surface area contributed by atoms with Gasteiger partial charge in [-0.2, -0.15) is 0 Å². The molecule has 0 spiro atoms. The lowest BCUT2D eigenvalue weighted by Crippen LogP contribution is -2.32. The predicted molar refractivity (Wildman–Crippen MR) is 74.0 cm³/mol. The van der Waals surface area contributed by atoms with E-state index < -0.39 is 0 Å². The van der Waals surface area contributed by atoms with Crippen molar-refractivity contribution in [3.8, 4) is 0 Å². The molecule has 3 heterocycles. The van der Waals surface area contributed by atoms with Gasteiger partial charge in [-0.25, -0.2) is 4.98 Å². The number of rotatable bonds is 4. The maximum absolute atomic E-state index is 5.69. The third kappa shape index (κ3) is 2.73. The van der Waals surface area contributed by atoms with Crippen molar-refractivity contribution in [2.75, 3.05) is 13.1 Å². The predicted octanol–water partition coefficient (Wildman–Crippen LogP) is 2.86. The van der Waals surface area contributed by atoms with Crippen LogP contribution in [-0.4, -0.2) is 28.0 Å². The highest BCUT2D eigenvalue weighted by molar-refractivity contribution is 5.14. The van der Waals surface area contributed by atoms with Crippen LogP contribution in [0, 0.1) is 6.92 Å². The quantitative estimate of drug-likeness (QED) is 0.918. The summed E-state index contributed by atoms with van der Waals surface area (Å²) in [5.74, 6) is 2.59. The molecule has 0 fully saturated rings. The van der Waals surface area contributed by atoms with E-state index in [1.807, 2.05) is 19.3 Å². The van der Waals surface area contributed by atoms with Crippen LogP contribution in [0.4, 0.5) is 0 Å². The average Bonchev–Trinajstić information content (AvgIpc) is 3.03. The molecule has 1 atom stereocenters. The summed E-state index contributed by atoms with van der Waals surface area (Å²) < 4.78 is 5.69. The molecule has 102 valence electrons. The lowest BCUT2D eigenvalue weighted by atomic mass is 10.0. The van der Waals surface area contributed by atoms with Crippen LogP contribution in [0.5, 0.6) is 0 Å². The molecule has 0 amide bonds. The molecule has 2 aromatic heterocycles. The molecule has 1 aliphatic heterocycles. The number of nitrogens with one attached hydrogen (secondary N) is 1. The van der Waals surface area contributed by atoms with E-state index in [9.17, 15) is 0 Å². The minimum atomic E-state index is 0.483. The highest BCUT2D eigenvalue weighted by Crippen LogP contribution is 2.23. The van der Waals surface area contributed by atoms with E-state index >= 15 is 0 Å². The van der Waals surface area contributed by atoms with Crippen molar-refractivity contribution < 1.29 is 4.42 Å². The number of nitrogens with zero attached hydrogens (tertiary/aromatic N) is 2. The molecule has 0 aliphatic carbocycles. The van der Waals surface area contributed by atoms with Gasteiger partial charge in [0.15, 0.2) is 0 Å². The molecule has 0 saturated carbocycles. The maximum Gasteiger partial charge on any atom is 0.107 e. The van der Waals surface area contributed by atoms with Crippen LogP contribution in [0.3, 0.4) is 0 Å². The standard InChI is InChI=1S/C15H21N3O/c1-11(15-4-3-12(2)19-15)5-7-18-8-6-13-14(9-18)17-10-16-13/h3-4,10-11H,5-9H2,1-2H3,(H,16,17). The molecule has 3 rings (SSSR count). The number of aromatic amines is 1. The molecule has 0 bridgehead atoms. The Hall–Kier alpha value is -1.55. The molecule has 0 saturated heterocycles. The van der Waals surface area contributed by atoms with E-state index in [1.165, 1.54) is 11.4 Å². The number of hydrogen-bond donors (Lipinski definition) is 1. The Morgan fingerprint density at radius 3 is 3.16 bits per heavy atom. The summed E-state index contributed by atoms with van der Waals surface area (Å²) in [4.78, 5) is 10.1. The third-order valence-electron chi connectivity index (χ3n) is 3.98. The number of fused-ring (bicyclic) bond motifs is 1. The van der Waals surface area contributed by atoms with Crippen LogP contribution in [0.25, 0.3) is 0 Å². The monoisotopic (exact) mass is 259 g/mol. The van der Waals surface area contributed by atoms with Crippen LogP contribution >= 0.6 is 0 Å². The minimum absolute atomic E-state index is 0.483. The third-order valence-corrected chi connectivity index (χ3v) is 3.98. The Morgan fingerprint density at radius 1 is 1.47 bits per heavy atom. The van der Waals surface area contributed by atoms with E-state index in [2.05, 4.69) is 27.9 Å². The first-order valence-electron chi connectivity index (χ1n) is 7.02. The van der Waals surface area contributed by atoms with Gasteiger partial charge in [-0.15, -0.1) is 0 Å². The number of aryl methyl sites for hydroxylation is 1. The fourth-order valence-corrected chi connectivity index (χ4v) is 2.70. The summed E-state index contributed by atoms with van der Waals surface area (Å²) in [6, 6.07) is 4.15. The second kappa shape index (κ2) is 5.21. The van der Waals surface area contributed by atoms with E-state index in [0.717, 1.165) is 44.0 Å². The van der Waals surface area contributed by atoms with Gasteiger partial charge in [-0.1, -0.05) is 6.92 Å². The molecule has 1 unspecified atom stereocenters. The molecule has 1 N–H and O–H groups in total. The molecule has 0 aromatic carbocycles. The SMILES string of the molecule is Cc1ccc(C(C)CCN2CCc3nc[nH]c3C2)o1. The first kappa shape index (κ1) is 12.5. The van der Waals surface area contributed by atoms with Gasteiger partial charge in [0.2, 0.25) is 0 Å². The Labute approximate surface area is 113 Å². The highest BCUT2D eigenvalue weighted by Gasteiger charge is 2.19. The molecule has 0 radical (unpaired) electrons. The molecule has 1 aliphatic rings. The van der Waals surface area contributed by atoms with Crippen molar-refractivity contribution in [2.45, 2.75) is 39.2 Å². The van der Waals surface area contributed by atoms with Gasteiger partial charge >= 0.3 is 0 Å². The normalized spacial score (nSPS) is 17.4. The van der Waals surface area contributed by atoms with E-state index in [1.54, 1.807) is 0 Å². The molecule has 19 heavy (non-hydrogen) atoms. The molecule has 4 heteroatoms. The zero-order valence-electron chi connectivity index (χ0n) is 11.6. The second-order valence-corrected chi connectivity index (χ2v) is 5.49. The van der Waals surface area contributed by atoms with E-state index in [4.69, 9.17) is 4.42 Å². The van der Waals surface area contributed by atoms with Gasteiger partial charge in [-0.3, -0.25) is 4.90 Å². The second-order valence-electron chi connectivity index (χ2n) is 5.49. The summed E-state index contributed by atoms with van der Waals surface area (Å²) in [7, 11) is 0. The summed E-state index contributed by atoms with van der Waals surface area (Å²) >= 11 is 0. The van der Waals surface area contributed by atoms with Gasteiger partial charge in [-0.05, 0) is 32.0 Å². The Morgan fingerprint density at radius 2 is 2.37 bits per heavy atom. The first-order chi connectivity index (χ1) is 9.22. The van der Waals surface area contributed by atoms with Crippen LogP contribution in [0.1, 0.15) is 42.2 Å². The summed E-state index contributed by atoms with van der Waals surface area (Å²) in [5.41, 5.74) is 2.53. The van der Waals surface area contributed by atoms with Crippen LogP contribution in [-0.2, 0) is 13.0 Å².